The average Bonchev–Trinajstić information content (AvgIpc) is 2.97. The van der Waals surface area contributed by atoms with Gasteiger partial charge in [0.25, 0.3) is 0 Å². The maximum atomic E-state index is 10.8. The molecule has 0 radical (unpaired) electrons. The van der Waals surface area contributed by atoms with Gasteiger partial charge in [-0.3, -0.25) is 0 Å². The van der Waals surface area contributed by atoms with Crippen molar-refractivity contribution in [2.75, 3.05) is 5.73 Å². The zero-order valence-electron chi connectivity index (χ0n) is 11.7. The summed E-state index contributed by atoms with van der Waals surface area (Å²) in [5.41, 5.74) is 9.73. The molecule has 110 valence electrons. The van der Waals surface area contributed by atoms with Crippen LogP contribution in [0.5, 0.6) is 0 Å². The minimum absolute atomic E-state index is 0.297. The van der Waals surface area contributed by atoms with Crippen LogP contribution >= 0.6 is 11.3 Å². The molecule has 3 aromatic rings. The first-order valence-electron chi connectivity index (χ1n) is 6.74. The van der Waals surface area contributed by atoms with Crippen molar-refractivity contribution >= 4 is 23.0 Å². The molecule has 2 aromatic carbocycles. The predicted molar refractivity (Wildman–Crippen MR) is 88.2 cm³/mol. The van der Waals surface area contributed by atoms with E-state index in [0.29, 0.717) is 12.0 Å². The van der Waals surface area contributed by atoms with Crippen molar-refractivity contribution < 1.29 is 9.90 Å². The molecule has 0 aliphatic rings. The van der Waals surface area contributed by atoms with E-state index >= 15 is 0 Å². The molecule has 0 saturated heterocycles. The van der Waals surface area contributed by atoms with E-state index in [1.165, 1.54) is 0 Å². The van der Waals surface area contributed by atoms with E-state index in [0.717, 1.165) is 27.5 Å². The minimum atomic E-state index is -0.911. The summed E-state index contributed by atoms with van der Waals surface area (Å²) in [6.45, 7) is 0. The highest BCUT2D eigenvalue weighted by Crippen LogP contribution is 2.24. The molecule has 1 heterocycles. The zero-order valence-corrected chi connectivity index (χ0v) is 12.5. The van der Waals surface area contributed by atoms with Crippen LogP contribution in [0.25, 0.3) is 11.3 Å². The Bertz CT molecular complexity index is 792. The number of nitrogen functional groups attached to an aromatic ring is 1. The third kappa shape index (κ3) is 3.15. The number of carbonyl (C=O) groups is 1. The first kappa shape index (κ1) is 14.3. The number of anilines is 1. The number of nitrogens with zero attached hydrogens (tertiary/aromatic N) is 1. The lowest BCUT2D eigenvalue weighted by molar-refractivity contribution is 0.0697. The molecule has 0 bridgehead atoms. The Kier molecular flexibility index (Phi) is 3.89. The Morgan fingerprint density at radius 1 is 1.09 bits per heavy atom. The molecule has 0 atom stereocenters. The van der Waals surface area contributed by atoms with Gasteiger partial charge in [-0.15, -0.1) is 11.3 Å². The van der Waals surface area contributed by atoms with E-state index in [4.69, 9.17) is 10.8 Å². The largest absolute Gasteiger partial charge is 0.478 e. The number of aromatic carboxylic acids is 1. The fourth-order valence-electron chi connectivity index (χ4n) is 2.12. The second-order valence-electron chi connectivity index (χ2n) is 4.93. The van der Waals surface area contributed by atoms with Crippen molar-refractivity contribution in [2.45, 2.75) is 6.42 Å². The quantitative estimate of drug-likeness (QED) is 0.721. The van der Waals surface area contributed by atoms with Crippen molar-refractivity contribution in [1.82, 2.24) is 4.98 Å². The summed E-state index contributed by atoms with van der Waals surface area (Å²) in [5.74, 6) is -0.911. The smallest absolute Gasteiger partial charge is 0.335 e. The lowest BCUT2D eigenvalue weighted by Gasteiger charge is -2.00. The van der Waals surface area contributed by atoms with Gasteiger partial charge >= 0.3 is 5.97 Å². The summed E-state index contributed by atoms with van der Waals surface area (Å²) < 4.78 is 0. The maximum absolute atomic E-state index is 10.8. The number of nitrogens with two attached hydrogens (primary N) is 1. The molecule has 4 nitrogen and oxygen atoms in total. The standard InChI is InChI=1S/C17H14N2O2S/c18-14-7-5-12(6-8-14)15-10-22-16(19-15)9-11-1-3-13(4-2-11)17(20)21/h1-8,10H,9,18H2,(H,20,21). The Labute approximate surface area is 131 Å². The Morgan fingerprint density at radius 2 is 1.77 bits per heavy atom. The molecule has 0 aliphatic heterocycles. The molecule has 0 spiro atoms. The highest BCUT2D eigenvalue weighted by atomic mass is 32.1. The summed E-state index contributed by atoms with van der Waals surface area (Å²) >= 11 is 1.60. The molecule has 3 N–H and O–H groups in total. The summed E-state index contributed by atoms with van der Waals surface area (Å²) in [6.07, 6.45) is 0.694. The first-order valence-corrected chi connectivity index (χ1v) is 7.62. The van der Waals surface area contributed by atoms with Crippen molar-refractivity contribution in [2.24, 2.45) is 0 Å². The van der Waals surface area contributed by atoms with Crippen LogP contribution in [-0.2, 0) is 6.42 Å². The van der Waals surface area contributed by atoms with Gasteiger partial charge in [-0.05, 0) is 29.8 Å². The van der Waals surface area contributed by atoms with E-state index in [2.05, 4.69) is 4.98 Å². The van der Waals surface area contributed by atoms with Gasteiger partial charge in [-0.1, -0.05) is 24.3 Å². The zero-order chi connectivity index (χ0) is 15.5. The molecule has 0 saturated carbocycles. The van der Waals surface area contributed by atoms with E-state index in [9.17, 15) is 4.79 Å². The number of hydrogen-bond acceptors (Lipinski definition) is 4. The number of thiazole rings is 1. The summed E-state index contributed by atoms with van der Waals surface area (Å²) in [4.78, 5) is 15.5. The fourth-order valence-corrected chi connectivity index (χ4v) is 2.96. The predicted octanol–water partition coefficient (Wildman–Crippen LogP) is 3.68. The van der Waals surface area contributed by atoms with Gasteiger partial charge in [0.15, 0.2) is 0 Å². The van der Waals surface area contributed by atoms with Crippen LogP contribution in [-0.4, -0.2) is 16.1 Å². The Morgan fingerprint density at radius 3 is 2.41 bits per heavy atom. The van der Waals surface area contributed by atoms with E-state index in [-0.39, 0.29) is 0 Å². The molecule has 3 rings (SSSR count). The maximum Gasteiger partial charge on any atom is 0.335 e. The summed E-state index contributed by atoms with van der Waals surface area (Å²) in [7, 11) is 0. The van der Waals surface area contributed by atoms with Gasteiger partial charge in [-0.25, -0.2) is 9.78 Å². The van der Waals surface area contributed by atoms with Gasteiger partial charge in [0, 0.05) is 23.1 Å². The van der Waals surface area contributed by atoms with E-state index in [1.54, 1.807) is 23.5 Å². The third-order valence-corrected chi connectivity index (χ3v) is 4.16. The summed E-state index contributed by atoms with van der Waals surface area (Å²) in [6, 6.07) is 14.5. The molecule has 5 heteroatoms. The fraction of sp³-hybridized carbons (Fsp3) is 0.0588. The molecule has 0 fully saturated rings. The van der Waals surface area contributed by atoms with Gasteiger partial charge in [-0.2, -0.15) is 0 Å². The molecular weight excluding hydrogens is 296 g/mol. The van der Waals surface area contributed by atoms with Gasteiger partial charge < -0.3 is 10.8 Å². The van der Waals surface area contributed by atoms with Crippen molar-refractivity contribution in [3.63, 3.8) is 0 Å². The van der Waals surface area contributed by atoms with E-state index < -0.39 is 5.97 Å². The minimum Gasteiger partial charge on any atom is -0.478 e. The molecule has 22 heavy (non-hydrogen) atoms. The Hall–Kier alpha value is -2.66. The highest BCUT2D eigenvalue weighted by molar-refractivity contribution is 7.10. The molecule has 0 aliphatic carbocycles. The van der Waals surface area contributed by atoms with Gasteiger partial charge in [0.2, 0.25) is 0 Å². The number of benzene rings is 2. The highest BCUT2D eigenvalue weighted by Gasteiger charge is 2.07. The molecule has 0 unspecified atom stereocenters. The van der Waals surface area contributed by atoms with Crippen LogP contribution in [0.15, 0.2) is 53.9 Å². The topological polar surface area (TPSA) is 76.2 Å². The van der Waals surface area contributed by atoms with Crippen molar-refractivity contribution in [3.8, 4) is 11.3 Å². The second-order valence-corrected chi connectivity index (χ2v) is 5.87. The first-order chi connectivity index (χ1) is 10.6. The number of carboxylic acid groups (broad SMARTS) is 1. The number of aromatic nitrogens is 1. The third-order valence-electron chi connectivity index (χ3n) is 3.31. The van der Waals surface area contributed by atoms with Crippen LogP contribution in [0.2, 0.25) is 0 Å². The van der Waals surface area contributed by atoms with Crippen LogP contribution in [0.1, 0.15) is 20.9 Å². The SMILES string of the molecule is Nc1ccc(-c2csc(Cc3ccc(C(=O)O)cc3)n2)cc1. The average molecular weight is 310 g/mol. The number of hydrogen-bond donors (Lipinski definition) is 2. The molecule has 1 aromatic heterocycles. The van der Waals surface area contributed by atoms with Crippen LogP contribution < -0.4 is 5.73 Å². The lowest BCUT2D eigenvalue weighted by Crippen LogP contribution is -1.96. The van der Waals surface area contributed by atoms with Gasteiger partial charge in [0.1, 0.15) is 0 Å². The number of carboxylic acids is 1. The summed E-state index contributed by atoms with van der Waals surface area (Å²) in [5, 5.41) is 11.9. The molecular formula is C17H14N2O2S. The van der Waals surface area contributed by atoms with Crippen LogP contribution in [0, 0.1) is 0 Å². The lowest BCUT2D eigenvalue weighted by atomic mass is 10.1. The van der Waals surface area contributed by atoms with Crippen LogP contribution in [0.4, 0.5) is 5.69 Å². The van der Waals surface area contributed by atoms with Crippen molar-refractivity contribution in [3.05, 3.63) is 70.0 Å². The van der Waals surface area contributed by atoms with Gasteiger partial charge in [0.05, 0.1) is 16.3 Å². The van der Waals surface area contributed by atoms with E-state index in [1.807, 2.05) is 41.8 Å². The monoisotopic (exact) mass is 310 g/mol. The van der Waals surface area contributed by atoms with Crippen LogP contribution in [0.3, 0.4) is 0 Å². The normalized spacial score (nSPS) is 10.5. The molecule has 0 amide bonds. The number of rotatable bonds is 4. The second kappa shape index (κ2) is 5.99. The van der Waals surface area contributed by atoms with Crippen molar-refractivity contribution in [1.29, 1.82) is 0 Å². The Balaban J connectivity index is 1.76.